The molecule has 102 valence electrons. The van der Waals surface area contributed by atoms with Crippen molar-refractivity contribution in [2.24, 2.45) is 28.6 Å². The molecule has 1 heterocycles. The van der Waals surface area contributed by atoms with Crippen LogP contribution in [0.1, 0.15) is 51.4 Å². The fourth-order valence-corrected chi connectivity index (χ4v) is 6.52. The Hall–Kier alpha value is -0.0800. The smallest absolute Gasteiger partial charge is 0.0493 e. The summed E-state index contributed by atoms with van der Waals surface area (Å²) in [7, 11) is 0. The molecular formula is C16H27NO. The Morgan fingerprint density at radius 2 is 1.39 bits per heavy atom. The van der Waals surface area contributed by atoms with E-state index in [9.17, 15) is 5.11 Å². The van der Waals surface area contributed by atoms with Crippen LogP contribution in [0.25, 0.3) is 0 Å². The highest BCUT2D eigenvalue weighted by Crippen LogP contribution is 2.67. The maximum absolute atomic E-state index is 10.2. The Morgan fingerprint density at radius 3 is 1.83 bits per heavy atom. The molecule has 0 unspecified atom stereocenters. The number of rotatable bonds is 2. The van der Waals surface area contributed by atoms with E-state index in [1.54, 1.807) is 0 Å². The molecule has 0 aromatic rings. The third-order valence-electron chi connectivity index (χ3n) is 7.03. The number of hydrogen-bond donors (Lipinski definition) is 2. The molecule has 5 rings (SSSR count). The minimum Gasteiger partial charge on any atom is -0.396 e. The molecule has 1 saturated heterocycles. The number of aliphatic hydroxyl groups excluding tert-OH is 1. The molecule has 2 N–H and O–H groups in total. The van der Waals surface area contributed by atoms with Crippen LogP contribution in [0.5, 0.6) is 0 Å². The van der Waals surface area contributed by atoms with Gasteiger partial charge in [0, 0.05) is 12.0 Å². The van der Waals surface area contributed by atoms with Gasteiger partial charge in [-0.05, 0) is 87.6 Å². The predicted molar refractivity (Wildman–Crippen MR) is 72.2 cm³/mol. The Bertz CT molecular complexity index is 297. The Balaban J connectivity index is 1.69. The number of aliphatic hydroxyl groups is 1. The van der Waals surface area contributed by atoms with Crippen molar-refractivity contribution in [1.29, 1.82) is 0 Å². The molecule has 5 fully saturated rings. The van der Waals surface area contributed by atoms with Crippen LogP contribution in [0.4, 0.5) is 0 Å². The zero-order valence-corrected chi connectivity index (χ0v) is 11.5. The summed E-state index contributed by atoms with van der Waals surface area (Å²) < 4.78 is 0. The second-order valence-electron chi connectivity index (χ2n) is 7.89. The molecule has 18 heavy (non-hydrogen) atoms. The molecule has 4 aliphatic carbocycles. The average molecular weight is 249 g/mol. The molecule has 2 nitrogen and oxygen atoms in total. The highest BCUT2D eigenvalue weighted by molar-refractivity contribution is 5.10. The second-order valence-corrected chi connectivity index (χ2v) is 7.89. The summed E-state index contributed by atoms with van der Waals surface area (Å²) in [4.78, 5) is 0. The summed E-state index contributed by atoms with van der Waals surface area (Å²) in [5.74, 6) is 3.03. The maximum atomic E-state index is 10.2. The quantitative estimate of drug-likeness (QED) is 0.788. The first-order chi connectivity index (χ1) is 8.75. The zero-order valence-electron chi connectivity index (χ0n) is 11.5. The van der Waals surface area contributed by atoms with Gasteiger partial charge in [0.05, 0.1) is 0 Å². The number of nitrogens with one attached hydrogen (secondary N) is 1. The van der Waals surface area contributed by atoms with E-state index < -0.39 is 0 Å². The number of hydrogen-bond acceptors (Lipinski definition) is 2. The van der Waals surface area contributed by atoms with E-state index in [1.165, 1.54) is 51.4 Å². The van der Waals surface area contributed by atoms with E-state index in [0.29, 0.717) is 12.0 Å². The first kappa shape index (κ1) is 11.7. The Morgan fingerprint density at radius 1 is 0.889 bits per heavy atom. The van der Waals surface area contributed by atoms with Gasteiger partial charge >= 0.3 is 0 Å². The third-order valence-corrected chi connectivity index (χ3v) is 7.03. The van der Waals surface area contributed by atoms with Gasteiger partial charge in [-0.15, -0.1) is 0 Å². The van der Waals surface area contributed by atoms with Crippen LogP contribution < -0.4 is 5.32 Å². The largest absolute Gasteiger partial charge is 0.396 e. The minimum atomic E-state index is 0.272. The van der Waals surface area contributed by atoms with E-state index in [2.05, 4.69) is 5.32 Å². The van der Waals surface area contributed by atoms with E-state index >= 15 is 0 Å². The van der Waals surface area contributed by atoms with Gasteiger partial charge in [0.15, 0.2) is 0 Å². The summed E-state index contributed by atoms with van der Waals surface area (Å²) in [6, 6.07) is 0. The lowest BCUT2D eigenvalue weighted by Crippen LogP contribution is -2.58. The summed E-state index contributed by atoms with van der Waals surface area (Å²) in [6.07, 6.45) is 11.3. The van der Waals surface area contributed by atoms with Crippen molar-refractivity contribution in [3.05, 3.63) is 0 Å². The second kappa shape index (κ2) is 3.96. The normalized spacial score (nSPS) is 49.5. The molecule has 1 aliphatic heterocycles. The van der Waals surface area contributed by atoms with Crippen LogP contribution in [0.2, 0.25) is 0 Å². The topological polar surface area (TPSA) is 32.3 Å². The van der Waals surface area contributed by atoms with E-state index in [0.717, 1.165) is 30.8 Å². The van der Waals surface area contributed by atoms with Crippen LogP contribution in [0.3, 0.4) is 0 Å². The van der Waals surface area contributed by atoms with Gasteiger partial charge in [0.25, 0.3) is 0 Å². The van der Waals surface area contributed by atoms with Crippen molar-refractivity contribution in [3.63, 3.8) is 0 Å². The highest BCUT2D eigenvalue weighted by Gasteiger charge is 2.59. The van der Waals surface area contributed by atoms with Crippen LogP contribution in [0, 0.1) is 28.6 Å². The lowest BCUT2D eigenvalue weighted by molar-refractivity contribution is -0.158. The molecular weight excluding hydrogens is 222 g/mol. The van der Waals surface area contributed by atoms with E-state index in [4.69, 9.17) is 0 Å². The average Bonchev–Trinajstić information content (AvgIpc) is 2.38. The summed E-state index contributed by atoms with van der Waals surface area (Å²) >= 11 is 0. The SMILES string of the molecule is OCC1(C23CC4CC(CC(C4)C2)C3)CCNCC1. The van der Waals surface area contributed by atoms with Crippen LogP contribution in [-0.2, 0) is 0 Å². The molecule has 0 aromatic heterocycles. The van der Waals surface area contributed by atoms with Crippen molar-refractivity contribution in [2.75, 3.05) is 19.7 Å². The lowest BCUT2D eigenvalue weighted by Gasteiger charge is -2.64. The van der Waals surface area contributed by atoms with Gasteiger partial charge < -0.3 is 10.4 Å². The molecule has 2 heteroatoms. The summed E-state index contributed by atoms with van der Waals surface area (Å²) in [6.45, 7) is 2.70. The lowest BCUT2D eigenvalue weighted by atomic mass is 9.41. The van der Waals surface area contributed by atoms with Crippen LogP contribution in [0.15, 0.2) is 0 Å². The van der Waals surface area contributed by atoms with E-state index in [1.807, 2.05) is 0 Å². The Labute approximate surface area is 111 Å². The number of piperidine rings is 1. The first-order valence-corrected chi connectivity index (χ1v) is 8.07. The van der Waals surface area contributed by atoms with E-state index in [-0.39, 0.29) is 5.41 Å². The molecule has 4 bridgehead atoms. The van der Waals surface area contributed by atoms with Crippen molar-refractivity contribution < 1.29 is 5.11 Å². The predicted octanol–water partition coefficient (Wildman–Crippen LogP) is 2.56. The third kappa shape index (κ3) is 1.48. The van der Waals surface area contributed by atoms with Gasteiger partial charge in [0.2, 0.25) is 0 Å². The zero-order chi connectivity index (χ0) is 12.2. The molecule has 5 aliphatic rings. The maximum Gasteiger partial charge on any atom is 0.0493 e. The molecule has 0 radical (unpaired) electrons. The standard InChI is InChI=1S/C16H27NO/c18-11-15(1-3-17-4-2-15)16-8-12-5-13(9-16)7-14(6-12)10-16/h12-14,17-18H,1-11H2. The van der Waals surface area contributed by atoms with Gasteiger partial charge in [-0.2, -0.15) is 0 Å². The van der Waals surface area contributed by atoms with Gasteiger partial charge in [-0.3, -0.25) is 0 Å². The molecule has 0 spiro atoms. The fourth-order valence-electron chi connectivity index (χ4n) is 6.52. The minimum absolute atomic E-state index is 0.272. The van der Waals surface area contributed by atoms with Gasteiger partial charge in [-0.25, -0.2) is 0 Å². The van der Waals surface area contributed by atoms with Crippen molar-refractivity contribution in [3.8, 4) is 0 Å². The first-order valence-electron chi connectivity index (χ1n) is 8.07. The van der Waals surface area contributed by atoms with Crippen molar-refractivity contribution in [1.82, 2.24) is 5.32 Å². The summed E-state index contributed by atoms with van der Waals surface area (Å²) in [5.41, 5.74) is 0.798. The van der Waals surface area contributed by atoms with Crippen LogP contribution >= 0.6 is 0 Å². The van der Waals surface area contributed by atoms with Gasteiger partial charge in [-0.1, -0.05) is 0 Å². The highest BCUT2D eigenvalue weighted by atomic mass is 16.3. The molecule has 0 amide bonds. The fraction of sp³-hybridized carbons (Fsp3) is 1.00. The van der Waals surface area contributed by atoms with Gasteiger partial charge in [0.1, 0.15) is 0 Å². The Kier molecular flexibility index (Phi) is 2.58. The molecule has 0 atom stereocenters. The van der Waals surface area contributed by atoms with Crippen LogP contribution in [-0.4, -0.2) is 24.8 Å². The van der Waals surface area contributed by atoms with Crippen molar-refractivity contribution >= 4 is 0 Å². The monoisotopic (exact) mass is 249 g/mol. The molecule has 0 aromatic carbocycles. The molecule has 4 saturated carbocycles. The van der Waals surface area contributed by atoms with Crippen molar-refractivity contribution in [2.45, 2.75) is 51.4 Å². The summed E-state index contributed by atoms with van der Waals surface area (Å²) in [5, 5.41) is 13.7.